The SMILES string of the molecule is Cc1ccc(NS(=O)(=O)c2ccc(OCC(=O)Nc3c(C)cc(Br)cc3C)cc2)cc1C. The van der Waals surface area contributed by atoms with E-state index in [1.165, 1.54) is 24.3 Å². The fourth-order valence-electron chi connectivity index (χ4n) is 3.17. The highest BCUT2D eigenvalue weighted by molar-refractivity contribution is 9.10. The first-order chi connectivity index (χ1) is 15.0. The lowest BCUT2D eigenvalue weighted by Gasteiger charge is -2.13. The summed E-state index contributed by atoms with van der Waals surface area (Å²) in [7, 11) is -3.73. The zero-order chi connectivity index (χ0) is 23.5. The average molecular weight is 517 g/mol. The summed E-state index contributed by atoms with van der Waals surface area (Å²) in [6, 6.07) is 15.2. The molecule has 0 unspecified atom stereocenters. The number of carbonyl (C=O) groups is 1. The van der Waals surface area contributed by atoms with Crippen molar-refractivity contribution >= 4 is 43.2 Å². The van der Waals surface area contributed by atoms with E-state index in [-0.39, 0.29) is 17.4 Å². The van der Waals surface area contributed by atoms with Crippen molar-refractivity contribution in [3.05, 3.63) is 81.3 Å². The van der Waals surface area contributed by atoms with Crippen LogP contribution in [0.15, 0.2) is 64.0 Å². The van der Waals surface area contributed by atoms with Crippen LogP contribution in [0, 0.1) is 27.7 Å². The number of nitrogens with one attached hydrogen (secondary N) is 2. The van der Waals surface area contributed by atoms with Gasteiger partial charge in [0.1, 0.15) is 5.75 Å². The summed E-state index contributed by atoms with van der Waals surface area (Å²) in [5.74, 6) is 0.0983. The zero-order valence-corrected chi connectivity index (χ0v) is 20.7. The van der Waals surface area contributed by atoms with Crippen LogP contribution in [0.2, 0.25) is 0 Å². The van der Waals surface area contributed by atoms with Gasteiger partial charge in [-0.05, 0) is 98.5 Å². The van der Waals surface area contributed by atoms with Crippen molar-refractivity contribution in [1.82, 2.24) is 0 Å². The minimum atomic E-state index is -3.73. The Morgan fingerprint density at radius 3 is 2.09 bits per heavy atom. The van der Waals surface area contributed by atoms with Crippen LogP contribution in [0.4, 0.5) is 11.4 Å². The van der Waals surface area contributed by atoms with Gasteiger partial charge in [-0.25, -0.2) is 8.42 Å². The fourth-order valence-corrected chi connectivity index (χ4v) is 4.90. The highest BCUT2D eigenvalue weighted by Gasteiger charge is 2.15. The van der Waals surface area contributed by atoms with Crippen molar-refractivity contribution in [2.75, 3.05) is 16.6 Å². The molecule has 2 N–H and O–H groups in total. The molecule has 3 aromatic rings. The van der Waals surface area contributed by atoms with Crippen molar-refractivity contribution in [3.63, 3.8) is 0 Å². The Labute approximate surface area is 197 Å². The van der Waals surface area contributed by atoms with Crippen molar-refractivity contribution in [2.24, 2.45) is 0 Å². The molecule has 0 aromatic heterocycles. The maximum absolute atomic E-state index is 12.6. The summed E-state index contributed by atoms with van der Waals surface area (Å²) in [5, 5.41) is 2.86. The van der Waals surface area contributed by atoms with Crippen LogP contribution in [0.5, 0.6) is 5.75 Å². The summed E-state index contributed by atoms with van der Waals surface area (Å²) in [6.45, 7) is 7.53. The molecule has 0 saturated heterocycles. The quantitative estimate of drug-likeness (QED) is 0.434. The maximum Gasteiger partial charge on any atom is 0.262 e. The Balaban J connectivity index is 1.62. The number of amides is 1. The van der Waals surface area contributed by atoms with Gasteiger partial charge in [0, 0.05) is 15.8 Å². The number of carbonyl (C=O) groups excluding carboxylic acids is 1. The van der Waals surface area contributed by atoms with Gasteiger partial charge in [0.25, 0.3) is 15.9 Å². The van der Waals surface area contributed by atoms with E-state index < -0.39 is 10.0 Å². The second-order valence-electron chi connectivity index (χ2n) is 7.63. The third-order valence-electron chi connectivity index (χ3n) is 5.02. The minimum absolute atomic E-state index is 0.105. The molecule has 0 atom stereocenters. The summed E-state index contributed by atoms with van der Waals surface area (Å²) in [6.07, 6.45) is 0. The van der Waals surface area contributed by atoms with Crippen LogP contribution in [0.25, 0.3) is 0 Å². The number of halogens is 1. The molecule has 0 radical (unpaired) electrons. The molecule has 0 aliphatic carbocycles. The third-order valence-corrected chi connectivity index (χ3v) is 6.88. The van der Waals surface area contributed by atoms with E-state index in [0.29, 0.717) is 11.4 Å². The maximum atomic E-state index is 12.6. The Kier molecular flexibility index (Phi) is 7.26. The van der Waals surface area contributed by atoms with Gasteiger partial charge >= 0.3 is 0 Å². The number of rotatable bonds is 7. The topological polar surface area (TPSA) is 84.5 Å². The normalized spacial score (nSPS) is 11.2. The Morgan fingerprint density at radius 1 is 0.875 bits per heavy atom. The molecule has 0 heterocycles. The summed E-state index contributed by atoms with van der Waals surface area (Å²) >= 11 is 3.43. The molecule has 0 fully saturated rings. The highest BCUT2D eigenvalue weighted by Crippen LogP contribution is 2.25. The number of sulfonamides is 1. The number of hydrogen-bond donors (Lipinski definition) is 2. The van der Waals surface area contributed by atoms with Crippen molar-refractivity contribution in [1.29, 1.82) is 0 Å². The number of ether oxygens (including phenoxy) is 1. The monoisotopic (exact) mass is 516 g/mol. The van der Waals surface area contributed by atoms with Gasteiger partial charge in [-0.15, -0.1) is 0 Å². The first-order valence-electron chi connectivity index (χ1n) is 9.95. The Morgan fingerprint density at radius 2 is 1.50 bits per heavy atom. The number of aryl methyl sites for hydroxylation is 4. The molecule has 0 bridgehead atoms. The van der Waals surface area contributed by atoms with Gasteiger partial charge in [0.05, 0.1) is 4.90 Å². The first-order valence-corrected chi connectivity index (χ1v) is 12.2. The predicted molar refractivity (Wildman–Crippen MR) is 131 cm³/mol. The van der Waals surface area contributed by atoms with Gasteiger partial charge < -0.3 is 10.1 Å². The number of hydrogen-bond acceptors (Lipinski definition) is 4. The van der Waals surface area contributed by atoms with Gasteiger partial charge in [-0.2, -0.15) is 0 Å². The standard InChI is InChI=1S/C24H25BrN2O4S/c1-15-5-6-20(13-16(15)2)27-32(29,30)22-9-7-21(8-10-22)31-14-23(28)26-24-17(3)11-19(25)12-18(24)4/h5-13,27H,14H2,1-4H3,(H,26,28). The summed E-state index contributed by atoms with van der Waals surface area (Å²) < 4.78 is 34.3. The fraction of sp³-hybridized carbons (Fsp3) is 0.208. The lowest BCUT2D eigenvalue weighted by atomic mass is 10.1. The molecule has 32 heavy (non-hydrogen) atoms. The van der Waals surface area contributed by atoms with Crippen LogP contribution in [0.1, 0.15) is 22.3 Å². The van der Waals surface area contributed by atoms with Gasteiger partial charge in [0.15, 0.2) is 6.61 Å². The van der Waals surface area contributed by atoms with Gasteiger partial charge in [-0.1, -0.05) is 22.0 Å². The Hall–Kier alpha value is -2.84. The molecule has 0 saturated carbocycles. The Bertz CT molecular complexity index is 1230. The summed E-state index contributed by atoms with van der Waals surface area (Å²) in [5.41, 5.74) is 5.22. The minimum Gasteiger partial charge on any atom is -0.484 e. The van der Waals surface area contributed by atoms with Crippen molar-refractivity contribution in [3.8, 4) is 5.75 Å². The molecule has 0 aliphatic rings. The molecule has 6 nitrogen and oxygen atoms in total. The molecule has 1 amide bonds. The molecule has 0 spiro atoms. The van der Waals surface area contributed by atoms with Gasteiger partial charge in [-0.3, -0.25) is 9.52 Å². The lowest BCUT2D eigenvalue weighted by Crippen LogP contribution is -2.21. The molecule has 3 aromatic carbocycles. The lowest BCUT2D eigenvalue weighted by molar-refractivity contribution is -0.118. The molecular formula is C24H25BrN2O4S. The van der Waals surface area contributed by atoms with E-state index in [9.17, 15) is 13.2 Å². The largest absolute Gasteiger partial charge is 0.484 e. The van der Waals surface area contributed by atoms with Crippen LogP contribution < -0.4 is 14.8 Å². The van der Waals surface area contributed by atoms with E-state index in [1.54, 1.807) is 12.1 Å². The smallest absolute Gasteiger partial charge is 0.262 e. The van der Waals surface area contributed by atoms with Crippen LogP contribution >= 0.6 is 15.9 Å². The van der Waals surface area contributed by atoms with E-state index in [2.05, 4.69) is 26.0 Å². The van der Waals surface area contributed by atoms with Crippen molar-refractivity contribution < 1.29 is 17.9 Å². The summed E-state index contributed by atoms with van der Waals surface area (Å²) in [4.78, 5) is 12.4. The molecule has 8 heteroatoms. The third kappa shape index (κ3) is 5.89. The molecule has 3 rings (SSSR count). The molecule has 168 valence electrons. The van der Waals surface area contributed by atoms with Crippen molar-refractivity contribution in [2.45, 2.75) is 32.6 Å². The van der Waals surface area contributed by atoms with E-state index in [4.69, 9.17) is 4.74 Å². The predicted octanol–water partition coefficient (Wildman–Crippen LogP) is 5.50. The van der Waals surface area contributed by atoms with Crippen LogP contribution in [0.3, 0.4) is 0 Å². The van der Waals surface area contributed by atoms with E-state index >= 15 is 0 Å². The molecule has 0 aliphatic heterocycles. The van der Waals surface area contributed by atoms with Gasteiger partial charge in [0.2, 0.25) is 0 Å². The first kappa shape index (κ1) is 23.8. The second kappa shape index (κ2) is 9.75. The van der Waals surface area contributed by atoms with Crippen LogP contribution in [-0.2, 0) is 14.8 Å². The zero-order valence-electron chi connectivity index (χ0n) is 18.3. The van der Waals surface area contributed by atoms with Crippen LogP contribution in [-0.4, -0.2) is 20.9 Å². The molecular weight excluding hydrogens is 492 g/mol. The second-order valence-corrected chi connectivity index (χ2v) is 10.2. The number of benzene rings is 3. The average Bonchev–Trinajstić information content (AvgIpc) is 2.72. The number of anilines is 2. The van der Waals surface area contributed by atoms with E-state index in [0.717, 1.165) is 32.4 Å². The highest BCUT2D eigenvalue weighted by atomic mass is 79.9. The van der Waals surface area contributed by atoms with E-state index in [1.807, 2.05) is 45.9 Å².